The molecule has 1 aromatic carbocycles. The van der Waals surface area contributed by atoms with Crippen LogP contribution in [0.15, 0.2) is 42.5 Å². The van der Waals surface area contributed by atoms with Crippen LogP contribution in [0, 0.1) is 11.3 Å². The Morgan fingerprint density at radius 2 is 1.94 bits per heavy atom. The summed E-state index contributed by atoms with van der Waals surface area (Å²) >= 11 is 0. The Morgan fingerprint density at radius 1 is 1.17 bits per heavy atom. The minimum atomic E-state index is 0.349. The predicted octanol–water partition coefficient (Wildman–Crippen LogP) is 2.54. The fourth-order valence-corrected chi connectivity index (χ4v) is 1.44. The van der Waals surface area contributed by atoms with Crippen LogP contribution in [0.25, 0.3) is 0 Å². The van der Waals surface area contributed by atoms with Gasteiger partial charge in [0.2, 0.25) is 5.88 Å². The summed E-state index contributed by atoms with van der Waals surface area (Å²) in [5.74, 6) is 1.26. The SMILES string of the molecule is COc1ccc(COc2cccc(C#N)n2)cc1. The van der Waals surface area contributed by atoms with E-state index in [2.05, 4.69) is 4.98 Å². The highest BCUT2D eigenvalue weighted by molar-refractivity contribution is 5.28. The third-order valence-electron chi connectivity index (χ3n) is 2.38. The van der Waals surface area contributed by atoms with E-state index in [1.54, 1.807) is 25.3 Å². The molecule has 2 rings (SSSR count). The topological polar surface area (TPSA) is 55.1 Å². The van der Waals surface area contributed by atoms with Crippen molar-refractivity contribution in [2.45, 2.75) is 6.61 Å². The van der Waals surface area contributed by atoms with Crippen molar-refractivity contribution in [3.05, 3.63) is 53.7 Å². The van der Waals surface area contributed by atoms with Crippen LogP contribution in [0.5, 0.6) is 11.6 Å². The van der Waals surface area contributed by atoms with E-state index in [0.717, 1.165) is 11.3 Å². The molecule has 0 radical (unpaired) electrons. The van der Waals surface area contributed by atoms with Gasteiger partial charge in [-0.15, -0.1) is 0 Å². The molecule has 0 spiro atoms. The maximum Gasteiger partial charge on any atom is 0.214 e. The number of nitriles is 1. The number of pyridine rings is 1. The molecule has 0 atom stereocenters. The molecule has 1 heterocycles. The van der Waals surface area contributed by atoms with Crippen molar-refractivity contribution < 1.29 is 9.47 Å². The van der Waals surface area contributed by atoms with Crippen molar-refractivity contribution in [1.82, 2.24) is 4.98 Å². The van der Waals surface area contributed by atoms with Crippen LogP contribution < -0.4 is 9.47 Å². The molecule has 4 nitrogen and oxygen atoms in total. The number of hydrogen-bond donors (Lipinski definition) is 0. The maximum atomic E-state index is 8.72. The van der Waals surface area contributed by atoms with Gasteiger partial charge in [0.25, 0.3) is 0 Å². The third kappa shape index (κ3) is 2.98. The van der Waals surface area contributed by atoms with Gasteiger partial charge in [0, 0.05) is 6.07 Å². The normalized spacial score (nSPS) is 9.56. The Hall–Kier alpha value is -2.54. The molecule has 0 aliphatic carbocycles. The molecule has 0 saturated carbocycles. The van der Waals surface area contributed by atoms with Gasteiger partial charge in [-0.25, -0.2) is 4.98 Å². The summed E-state index contributed by atoms with van der Waals surface area (Å²) < 4.78 is 10.6. The van der Waals surface area contributed by atoms with Crippen LogP contribution in [0.1, 0.15) is 11.3 Å². The summed E-state index contributed by atoms with van der Waals surface area (Å²) in [7, 11) is 1.63. The van der Waals surface area contributed by atoms with E-state index in [4.69, 9.17) is 14.7 Å². The summed E-state index contributed by atoms with van der Waals surface area (Å²) in [6, 6.07) is 14.7. The van der Waals surface area contributed by atoms with Gasteiger partial charge in [0.05, 0.1) is 7.11 Å². The van der Waals surface area contributed by atoms with Crippen molar-refractivity contribution >= 4 is 0 Å². The van der Waals surface area contributed by atoms with E-state index >= 15 is 0 Å². The highest BCUT2D eigenvalue weighted by Gasteiger charge is 1.99. The van der Waals surface area contributed by atoms with Crippen molar-refractivity contribution in [2.75, 3.05) is 7.11 Å². The van der Waals surface area contributed by atoms with Crippen LogP contribution in [-0.2, 0) is 6.61 Å². The zero-order valence-corrected chi connectivity index (χ0v) is 9.96. The first-order chi connectivity index (χ1) is 8.81. The highest BCUT2D eigenvalue weighted by Crippen LogP contribution is 2.14. The maximum absolute atomic E-state index is 8.72. The second kappa shape index (κ2) is 5.69. The number of hydrogen-bond acceptors (Lipinski definition) is 4. The molecule has 4 heteroatoms. The van der Waals surface area contributed by atoms with Gasteiger partial charge in [-0.2, -0.15) is 5.26 Å². The molecule has 0 fully saturated rings. The average molecular weight is 240 g/mol. The zero-order chi connectivity index (χ0) is 12.8. The monoisotopic (exact) mass is 240 g/mol. The molecule has 0 saturated heterocycles. The molecular formula is C14H12N2O2. The molecule has 1 aromatic heterocycles. The molecule has 90 valence electrons. The fourth-order valence-electron chi connectivity index (χ4n) is 1.44. The summed E-state index contributed by atoms with van der Waals surface area (Å²) in [5, 5.41) is 8.72. The van der Waals surface area contributed by atoms with Gasteiger partial charge in [0.1, 0.15) is 24.1 Å². The minimum absolute atomic E-state index is 0.349. The summed E-state index contributed by atoms with van der Waals surface area (Å²) in [5.41, 5.74) is 1.36. The molecule has 2 aromatic rings. The molecular weight excluding hydrogens is 228 g/mol. The van der Waals surface area contributed by atoms with Gasteiger partial charge >= 0.3 is 0 Å². The van der Waals surface area contributed by atoms with Gasteiger partial charge in [-0.1, -0.05) is 18.2 Å². The van der Waals surface area contributed by atoms with Gasteiger partial charge in [-0.05, 0) is 23.8 Å². The van der Waals surface area contributed by atoms with E-state index < -0.39 is 0 Å². The molecule has 0 unspecified atom stereocenters. The molecule has 0 N–H and O–H groups in total. The van der Waals surface area contributed by atoms with Crippen LogP contribution in [-0.4, -0.2) is 12.1 Å². The van der Waals surface area contributed by atoms with Gasteiger partial charge in [-0.3, -0.25) is 0 Å². The van der Waals surface area contributed by atoms with Crippen molar-refractivity contribution in [3.63, 3.8) is 0 Å². The van der Waals surface area contributed by atoms with Crippen LogP contribution in [0.3, 0.4) is 0 Å². The van der Waals surface area contributed by atoms with Crippen LogP contribution in [0.2, 0.25) is 0 Å². The minimum Gasteiger partial charge on any atom is -0.497 e. The Morgan fingerprint density at radius 3 is 2.61 bits per heavy atom. The fraction of sp³-hybridized carbons (Fsp3) is 0.143. The van der Waals surface area contributed by atoms with E-state index in [1.807, 2.05) is 30.3 Å². The van der Waals surface area contributed by atoms with E-state index in [-0.39, 0.29) is 0 Å². The van der Waals surface area contributed by atoms with E-state index in [0.29, 0.717) is 18.2 Å². The standard InChI is InChI=1S/C14H12N2O2/c1-17-13-7-5-11(6-8-13)10-18-14-4-2-3-12(9-15)16-14/h2-8H,10H2,1H3. The summed E-state index contributed by atoms with van der Waals surface area (Å²) in [6.45, 7) is 0.409. The molecule has 0 bridgehead atoms. The highest BCUT2D eigenvalue weighted by atomic mass is 16.5. The Kier molecular flexibility index (Phi) is 3.77. The zero-order valence-electron chi connectivity index (χ0n) is 9.96. The van der Waals surface area contributed by atoms with Crippen LogP contribution in [0.4, 0.5) is 0 Å². The lowest BCUT2D eigenvalue weighted by molar-refractivity contribution is 0.293. The first kappa shape index (κ1) is 11.9. The van der Waals surface area contributed by atoms with Crippen molar-refractivity contribution in [1.29, 1.82) is 5.26 Å². The lowest BCUT2D eigenvalue weighted by atomic mass is 10.2. The number of nitrogens with zero attached hydrogens (tertiary/aromatic N) is 2. The average Bonchev–Trinajstić information content (AvgIpc) is 2.46. The smallest absolute Gasteiger partial charge is 0.214 e. The molecule has 18 heavy (non-hydrogen) atoms. The number of rotatable bonds is 4. The molecule has 0 aliphatic heterocycles. The summed E-state index contributed by atoms with van der Waals surface area (Å²) in [4.78, 5) is 4.03. The van der Waals surface area contributed by atoms with Gasteiger partial charge in [0.15, 0.2) is 0 Å². The van der Waals surface area contributed by atoms with Crippen LogP contribution >= 0.6 is 0 Å². The largest absolute Gasteiger partial charge is 0.497 e. The Bertz CT molecular complexity index is 559. The van der Waals surface area contributed by atoms with E-state index in [1.165, 1.54) is 0 Å². The number of methoxy groups -OCH3 is 1. The second-order valence-electron chi connectivity index (χ2n) is 3.61. The van der Waals surface area contributed by atoms with E-state index in [9.17, 15) is 0 Å². The van der Waals surface area contributed by atoms with Gasteiger partial charge < -0.3 is 9.47 Å². The number of benzene rings is 1. The second-order valence-corrected chi connectivity index (χ2v) is 3.61. The third-order valence-corrected chi connectivity index (χ3v) is 2.38. The van der Waals surface area contributed by atoms with Crippen molar-refractivity contribution in [2.24, 2.45) is 0 Å². The molecule has 0 aliphatic rings. The lowest BCUT2D eigenvalue weighted by Gasteiger charge is -2.06. The van der Waals surface area contributed by atoms with Crippen molar-refractivity contribution in [3.8, 4) is 17.7 Å². The predicted molar refractivity (Wildman–Crippen MR) is 66.3 cm³/mol. The Balaban J connectivity index is 2.00. The summed E-state index contributed by atoms with van der Waals surface area (Å²) in [6.07, 6.45) is 0. The number of aromatic nitrogens is 1. The first-order valence-corrected chi connectivity index (χ1v) is 5.44. The first-order valence-electron chi connectivity index (χ1n) is 5.44. The quantitative estimate of drug-likeness (QED) is 0.824. The lowest BCUT2D eigenvalue weighted by Crippen LogP contribution is -1.98. The Labute approximate surface area is 105 Å². The molecule has 0 amide bonds. The number of ether oxygens (including phenoxy) is 2.